The summed E-state index contributed by atoms with van der Waals surface area (Å²) in [6, 6.07) is 0. The predicted octanol–water partition coefficient (Wildman–Crippen LogP) is 2.45. The van der Waals surface area contributed by atoms with Gasteiger partial charge in [-0.3, -0.25) is 0 Å². The molecule has 0 rings (SSSR count). The number of carbonyl (C=O) groups excluding carboxylic acids is 1. The number of ether oxygens (including phenoxy) is 1. The van der Waals surface area contributed by atoms with Gasteiger partial charge >= 0.3 is 5.43 Å². The molecule has 0 spiro atoms. The van der Waals surface area contributed by atoms with Crippen LogP contribution in [0.15, 0.2) is 24.5 Å². The van der Waals surface area contributed by atoms with Gasteiger partial charge in [0.05, 0.1) is 6.26 Å². The summed E-state index contributed by atoms with van der Waals surface area (Å²) in [5, 5.41) is 0. The summed E-state index contributed by atoms with van der Waals surface area (Å²) in [7, 11) is 0. The minimum absolute atomic E-state index is 0.754. The first-order chi connectivity index (χ1) is 4.16. The number of rotatable bonds is 2. The fraction of sp³-hybridized carbons (Fsp3) is 0.167. The SMILES string of the molecule is C=CC(C)=COC(=O)Cl. The van der Waals surface area contributed by atoms with Crippen LogP contribution in [0.3, 0.4) is 0 Å². The topological polar surface area (TPSA) is 26.3 Å². The summed E-state index contributed by atoms with van der Waals surface area (Å²) in [5.41, 5.74) is -0.0831. The van der Waals surface area contributed by atoms with Crippen LogP contribution in [0.1, 0.15) is 6.92 Å². The molecule has 0 fully saturated rings. The van der Waals surface area contributed by atoms with Crippen molar-refractivity contribution in [3.8, 4) is 0 Å². The third-order valence-corrected chi connectivity index (χ3v) is 0.749. The Morgan fingerprint density at radius 3 is 2.67 bits per heavy atom. The van der Waals surface area contributed by atoms with Crippen molar-refractivity contribution in [2.75, 3.05) is 0 Å². The van der Waals surface area contributed by atoms with Crippen LogP contribution in [0, 0.1) is 0 Å². The molecule has 9 heavy (non-hydrogen) atoms. The molecule has 0 aromatic heterocycles. The van der Waals surface area contributed by atoms with Crippen molar-refractivity contribution in [2.45, 2.75) is 6.92 Å². The molecular formula is C6H7ClO2. The van der Waals surface area contributed by atoms with E-state index in [1.54, 1.807) is 13.0 Å². The van der Waals surface area contributed by atoms with Gasteiger partial charge < -0.3 is 4.74 Å². The first-order valence-electron chi connectivity index (χ1n) is 2.32. The van der Waals surface area contributed by atoms with E-state index in [9.17, 15) is 4.79 Å². The van der Waals surface area contributed by atoms with Crippen LogP contribution in [0.25, 0.3) is 0 Å². The Kier molecular flexibility index (Phi) is 3.80. The molecule has 2 nitrogen and oxygen atoms in total. The van der Waals surface area contributed by atoms with Gasteiger partial charge in [-0.25, -0.2) is 4.79 Å². The standard InChI is InChI=1S/C6H7ClO2/c1-3-5(2)4-9-6(7)8/h3-4H,1H2,2H3. The molecule has 0 heterocycles. The maximum absolute atomic E-state index is 9.93. The second-order valence-corrected chi connectivity index (χ2v) is 1.73. The van der Waals surface area contributed by atoms with Crippen molar-refractivity contribution in [3.05, 3.63) is 24.5 Å². The van der Waals surface area contributed by atoms with E-state index in [0.29, 0.717) is 0 Å². The van der Waals surface area contributed by atoms with Crippen LogP contribution in [-0.2, 0) is 4.74 Å². The van der Waals surface area contributed by atoms with Crippen molar-refractivity contribution in [2.24, 2.45) is 0 Å². The van der Waals surface area contributed by atoms with Crippen molar-refractivity contribution in [1.29, 1.82) is 0 Å². The zero-order valence-corrected chi connectivity index (χ0v) is 5.81. The van der Waals surface area contributed by atoms with Gasteiger partial charge in [0.2, 0.25) is 0 Å². The lowest BCUT2D eigenvalue weighted by Gasteiger charge is -1.89. The Bertz CT molecular complexity index is 149. The Morgan fingerprint density at radius 2 is 2.33 bits per heavy atom. The average Bonchev–Trinajstić information content (AvgIpc) is 1.83. The van der Waals surface area contributed by atoms with Gasteiger partial charge in [0, 0.05) is 11.6 Å². The van der Waals surface area contributed by atoms with E-state index in [0.717, 1.165) is 5.57 Å². The van der Waals surface area contributed by atoms with Crippen molar-refractivity contribution >= 4 is 17.0 Å². The Morgan fingerprint density at radius 1 is 1.78 bits per heavy atom. The van der Waals surface area contributed by atoms with E-state index in [2.05, 4.69) is 11.3 Å². The van der Waals surface area contributed by atoms with E-state index < -0.39 is 5.43 Å². The number of hydrogen-bond acceptors (Lipinski definition) is 2. The quantitative estimate of drug-likeness (QED) is 0.340. The van der Waals surface area contributed by atoms with Crippen molar-refractivity contribution < 1.29 is 9.53 Å². The zero-order valence-electron chi connectivity index (χ0n) is 5.06. The van der Waals surface area contributed by atoms with E-state index in [1.165, 1.54) is 6.26 Å². The molecule has 0 aromatic carbocycles. The minimum Gasteiger partial charge on any atom is -0.422 e. The molecule has 0 N–H and O–H groups in total. The normalized spacial score (nSPS) is 10.7. The third kappa shape index (κ3) is 5.11. The molecule has 0 aliphatic rings. The highest BCUT2D eigenvalue weighted by Gasteiger charge is 1.88. The maximum atomic E-state index is 9.93. The monoisotopic (exact) mass is 146 g/mol. The molecule has 0 amide bonds. The number of carbonyl (C=O) groups is 1. The highest BCUT2D eigenvalue weighted by Crippen LogP contribution is 1.95. The van der Waals surface area contributed by atoms with Gasteiger partial charge in [0.1, 0.15) is 0 Å². The van der Waals surface area contributed by atoms with E-state index >= 15 is 0 Å². The van der Waals surface area contributed by atoms with Gasteiger partial charge in [0.25, 0.3) is 0 Å². The van der Waals surface area contributed by atoms with Crippen molar-refractivity contribution in [3.63, 3.8) is 0 Å². The van der Waals surface area contributed by atoms with Crippen molar-refractivity contribution in [1.82, 2.24) is 0 Å². The molecule has 0 radical (unpaired) electrons. The molecular weight excluding hydrogens is 140 g/mol. The van der Waals surface area contributed by atoms with Gasteiger partial charge in [-0.1, -0.05) is 12.7 Å². The van der Waals surface area contributed by atoms with Gasteiger partial charge in [-0.05, 0) is 12.5 Å². The zero-order chi connectivity index (χ0) is 7.28. The lowest BCUT2D eigenvalue weighted by atomic mass is 10.3. The smallest absolute Gasteiger partial charge is 0.408 e. The van der Waals surface area contributed by atoms with Crippen LogP contribution in [0.5, 0.6) is 0 Å². The predicted molar refractivity (Wildman–Crippen MR) is 36.3 cm³/mol. The van der Waals surface area contributed by atoms with Gasteiger partial charge in [0.15, 0.2) is 0 Å². The lowest BCUT2D eigenvalue weighted by Crippen LogP contribution is -1.83. The summed E-state index contributed by atoms with van der Waals surface area (Å²) < 4.78 is 4.29. The first kappa shape index (κ1) is 8.24. The van der Waals surface area contributed by atoms with E-state index in [1.807, 2.05) is 0 Å². The summed E-state index contributed by atoms with van der Waals surface area (Å²) in [6.07, 6.45) is 2.79. The molecule has 0 unspecified atom stereocenters. The molecule has 3 heteroatoms. The molecule has 0 bridgehead atoms. The molecule has 0 aromatic rings. The van der Waals surface area contributed by atoms with Crippen LogP contribution >= 0.6 is 11.6 Å². The fourth-order valence-electron chi connectivity index (χ4n) is 0.187. The van der Waals surface area contributed by atoms with Gasteiger partial charge in [-0.2, -0.15) is 0 Å². The Labute approximate surface area is 58.8 Å². The highest BCUT2D eigenvalue weighted by molar-refractivity contribution is 6.61. The molecule has 0 aliphatic carbocycles. The molecule has 0 atom stereocenters. The first-order valence-corrected chi connectivity index (χ1v) is 2.70. The fourth-order valence-corrected chi connectivity index (χ4v) is 0.232. The second kappa shape index (κ2) is 4.15. The van der Waals surface area contributed by atoms with Crippen LogP contribution in [0.4, 0.5) is 4.79 Å². The lowest BCUT2D eigenvalue weighted by molar-refractivity contribution is 0.212. The second-order valence-electron chi connectivity index (χ2n) is 1.42. The van der Waals surface area contributed by atoms with E-state index in [4.69, 9.17) is 11.6 Å². The molecule has 0 saturated carbocycles. The molecule has 0 saturated heterocycles. The van der Waals surface area contributed by atoms with Gasteiger partial charge in [-0.15, -0.1) is 0 Å². The summed E-state index contributed by atoms with van der Waals surface area (Å²) in [4.78, 5) is 9.93. The Balaban J connectivity index is 3.69. The summed E-state index contributed by atoms with van der Waals surface area (Å²) in [6.45, 7) is 5.18. The van der Waals surface area contributed by atoms with Crippen LogP contribution in [-0.4, -0.2) is 5.43 Å². The maximum Gasteiger partial charge on any atom is 0.408 e. The average molecular weight is 147 g/mol. The largest absolute Gasteiger partial charge is 0.422 e. The van der Waals surface area contributed by atoms with Crippen LogP contribution < -0.4 is 0 Å². The highest BCUT2D eigenvalue weighted by atomic mass is 35.5. The van der Waals surface area contributed by atoms with E-state index in [-0.39, 0.29) is 0 Å². The minimum atomic E-state index is -0.837. The summed E-state index contributed by atoms with van der Waals surface area (Å²) in [5.74, 6) is 0. The Hall–Kier alpha value is -0.760. The third-order valence-electron chi connectivity index (χ3n) is 0.659. The molecule has 0 aliphatic heterocycles. The number of halogens is 1. The number of hydrogen-bond donors (Lipinski definition) is 0. The summed E-state index contributed by atoms with van der Waals surface area (Å²) >= 11 is 4.84. The number of allylic oxidation sites excluding steroid dienone is 2. The van der Waals surface area contributed by atoms with Crippen LogP contribution in [0.2, 0.25) is 0 Å². The molecule has 50 valence electrons.